The lowest BCUT2D eigenvalue weighted by atomic mass is 10.1. The van der Waals surface area contributed by atoms with Crippen molar-refractivity contribution in [3.8, 4) is 0 Å². The molecule has 0 amide bonds. The molecule has 84 valence electrons. The third-order valence-corrected chi connectivity index (χ3v) is 2.13. The van der Waals surface area contributed by atoms with Gasteiger partial charge in [-0.15, -0.1) is 0 Å². The number of halogens is 2. The maximum absolute atomic E-state index is 13.4. The Morgan fingerprint density at radius 2 is 2.25 bits per heavy atom. The van der Waals surface area contributed by atoms with Crippen LogP contribution in [0.5, 0.6) is 0 Å². The molecule has 1 heterocycles. The summed E-state index contributed by atoms with van der Waals surface area (Å²) in [7, 11) is 0. The summed E-state index contributed by atoms with van der Waals surface area (Å²) in [5.41, 5.74) is 0.275. The van der Waals surface area contributed by atoms with E-state index < -0.39 is 18.3 Å². The number of carboxylic acid groups (broad SMARTS) is 1. The Labute approximate surface area is 88.5 Å². The second kappa shape index (κ2) is 3.55. The van der Waals surface area contributed by atoms with Gasteiger partial charge in [-0.05, 0) is 12.1 Å². The lowest BCUT2D eigenvalue weighted by Gasteiger charge is -2.13. The second-order valence-electron chi connectivity index (χ2n) is 3.31. The minimum atomic E-state index is -3.41. The zero-order valence-corrected chi connectivity index (χ0v) is 7.98. The molecule has 0 aliphatic heterocycles. The molecule has 2 rings (SSSR count). The van der Waals surface area contributed by atoms with Gasteiger partial charge >= 0.3 is 5.97 Å². The van der Waals surface area contributed by atoms with E-state index in [0.29, 0.717) is 5.52 Å². The van der Waals surface area contributed by atoms with Crippen molar-refractivity contribution in [1.82, 2.24) is 4.98 Å². The number of alkyl halides is 2. The van der Waals surface area contributed by atoms with Gasteiger partial charge in [0.2, 0.25) is 0 Å². The largest absolute Gasteiger partial charge is 0.481 e. The average molecular weight is 227 g/mol. The fourth-order valence-electron chi connectivity index (χ4n) is 1.37. The van der Waals surface area contributed by atoms with Crippen molar-refractivity contribution in [3.63, 3.8) is 0 Å². The number of carbonyl (C=O) groups is 1. The van der Waals surface area contributed by atoms with E-state index in [-0.39, 0.29) is 11.1 Å². The van der Waals surface area contributed by atoms with E-state index in [4.69, 9.17) is 9.52 Å². The summed E-state index contributed by atoms with van der Waals surface area (Å²) in [4.78, 5) is 14.1. The summed E-state index contributed by atoms with van der Waals surface area (Å²) in [6.07, 6.45) is -0.101. The molecule has 0 aliphatic rings. The number of oxazole rings is 1. The third-order valence-electron chi connectivity index (χ3n) is 2.13. The van der Waals surface area contributed by atoms with E-state index in [0.717, 1.165) is 18.5 Å². The Morgan fingerprint density at radius 3 is 2.94 bits per heavy atom. The first-order valence-corrected chi connectivity index (χ1v) is 4.42. The first-order valence-electron chi connectivity index (χ1n) is 4.42. The van der Waals surface area contributed by atoms with Gasteiger partial charge in [-0.3, -0.25) is 4.79 Å². The fraction of sp³-hybridized carbons (Fsp3) is 0.200. The summed E-state index contributed by atoms with van der Waals surface area (Å²) in [5, 5.41) is 8.37. The van der Waals surface area contributed by atoms with E-state index in [2.05, 4.69) is 4.98 Å². The van der Waals surface area contributed by atoms with Crippen molar-refractivity contribution in [1.29, 1.82) is 0 Å². The quantitative estimate of drug-likeness (QED) is 0.874. The van der Waals surface area contributed by atoms with Crippen molar-refractivity contribution < 1.29 is 23.1 Å². The van der Waals surface area contributed by atoms with Gasteiger partial charge in [-0.2, -0.15) is 0 Å². The second-order valence-corrected chi connectivity index (χ2v) is 3.31. The molecule has 1 N–H and O–H groups in total. The Kier molecular flexibility index (Phi) is 2.34. The highest BCUT2D eigenvalue weighted by atomic mass is 19.3. The molecule has 1 aromatic heterocycles. The van der Waals surface area contributed by atoms with Crippen molar-refractivity contribution in [2.24, 2.45) is 0 Å². The lowest BCUT2D eigenvalue weighted by Crippen LogP contribution is -2.18. The van der Waals surface area contributed by atoms with E-state index >= 15 is 0 Å². The highest BCUT2D eigenvalue weighted by Gasteiger charge is 2.34. The summed E-state index contributed by atoms with van der Waals surface area (Å²) in [6.45, 7) is 0. The highest BCUT2D eigenvalue weighted by molar-refractivity contribution is 5.74. The van der Waals surface area contributed by atoms with Crippen LogP contribution in [0.3, 0.4) is 0 Å². The molecule has 0 bridgehead atoms. The normalized spacial score (nSPS) is 11.9. The predicted molar refractivity (Wildman–Crippen MR) is 50.2 cm³/mol. The summed E-state index contributed by atoms with van der Waals surface area (Å²) < 4.78 is 31.7. The van der Waals surface area contributed by atoms with Crippen LogP contribution in [0.4, 0.5) is 8.78 Å². The van der Waals surface area contributed by atoms with E-state index in [1.807, 2.05) is 0 Å². The molecule has 6 heteroatoms. The van der Waals surface area contributed by atoms with E-state index in [9.17, 15) is 13.6 Å². The molecular weight excluding hydrogens is 220 g/mol. The smallest absolute Gasteiger partial charge is 0.309 e. The monoisotopic (exact) mass is 227 g/mol. The molecule has 1 aromatic carbocycles. The summed E-state index contributed by atoms with van der Waals surface area (Å²) in [5.74, 6) is -4.96. The number of hydrogen-bond acceptors (Lipinski definition) is 3. The molecular formula is C10H7F2NO3. The fourth-order valence-corrected chi connectivity index (χ4v) is 1.37. The van der Waals surface area contributed by atoms with Gasteiger partial charge in [-0.25, -0.2) is 13.8 Å². The van der Waals surface area contributed by atoms with E-state index in [1.165, 1.54) is 6.07 Å². The minimum Gasteiger partial charge on any atom is -0.481 e. The van der Waals surface area contributed by atoms with Crippen LogP contribution in [-0.2, 0) is 10.7 Å². The summed E-state index contributed by atoms with van der Waals surface area (Å²) in [6, 6.07) is 3.61. The third kappa shape index (κ3) is 1.86. The van der Waals surface area contributed by atoms with Gasteiger partial charge in [0.15, 0.2) is 12.0 Å². The van der Waals surface area contributed by atoms with Crippen LogP contribution < -0.4 is 0 Å². The number of hydrogen-bond donors (Lipinski definition) is 1. The molecule has 0 radical (unpaired) electrons. The SMILES string of the molecule is O=C(O)CC(F)(F)c1ccc2ncoc2c1. The molecule has 2 aromatic rings. The van der Waals surface area contributed by atoms with E-state index in [1.54, 1.807) is 0 Å². The van der Waals surface area contributed by atoms with Gasteiger partial charge in [0.25, 0.3) is 5.92 Å². The molecule has 0 unspecified atom stereocenters. The molecule has 16 heavy (non-hydrogen) atoms. The zero-order valence-electron chi connectivity index (χ0n) is 7.98. The Morgan fingerprint density at radius 1 is 1.50 bits per heavy atom. The maximum atomic E-state index is 13.4. The van der Waals surface area contributed by atoms with Crippen LogP contribution >= 0.6 is 0 Å². The number of aliphatic carboxylic acids is 1. The minimum absolute atomic E-state index is 0.211. The number of fused-ring (bicyclic) bond motifs is 1. The van der Waals surface area contributed by atoms with Crippen LogP contribution in [0.2, 0.25) is 0 Å². The lowest BCUT2D eigenvalue weighted by molar-refractivity contribution is -0.145. The molecule has 0 saturated carbocycles. The topological polar surface area (TPSA) is 63.3 Å². The van der Waals surface area contributed by atoms with Crippen molar-refractivity contribution in [3.05, 3.63) is 30.2 Å². The maximum Gasteiger partial charge on any atom is 0.309 e. The number of carboxylic acids is 1. The van der Waals surface area contributed by atoms with Crippen molar-refractivity contribution >= 4 is 17.1 Å². The molecule has 4 nitrogen and oxygen atoms in total. The predicted octanol–water partition coefficient (Wildman–Crippen LogP) is 2.39. The van der Waals surface area contributed by atoms with Gasteiger partial charge in [0.1, 0.15) is 11.9 Å². The standard InChI is InChI=1S/C10H7F2NO3/c11-10(12,4-9(14)15)6-1-2-7-8(3-6)16-5-13-7/h1-3,5H,4H2,(H,14,15). The highest BCUT2D eigenvalue weighted by Crippen LogP contribution is 2.33. The number of rotatable bonds is 3. The van der Waals surface area contributed by atoms with Gasteiger partial charge in [-0.1, -0.05) is 6.07 Å². The Bertz CT molecular complexity index is 536. The van der Waals surface area contributed by atoms with Gasteiger partial charge < -0.3 is 9.52 Å². The van der Waals surface area contributed by atoms with Crippen LogP contribution in [0, 0.1) is 0 Å². The van der Waals surface area contributed by atoms with Crippen LogP contribution in [0.25, 0.3) is 11.1 Å². The van der Waals surface area contributed by atoms with Crippen LogP contribution in [0.15, 0.2) is 29.0 Å². The number of aromatic nitrogens is 1. The Hall–Kier alpha value is -1.98. The first-order chi connectivity index (χ1) is 7.49. The van der Waals surface area contributed by atoms with Crippen LogP contribution in [0.1, 0.15) is 12.0 Å². The van der Waals surface area contributed by atoms with Gasteiger partial charge in [0, 0.05) is 5.56 Å². The Balaban J connectivity index is 2.41. The molecule has 0 spiro atoms. The number of benzene rings is 1. The number of nitrogens with zero attached hydrogens (tertiary/aromatic N) is 1. The molecule has 0 aliphatic carbocycles. The summed E-state index contributed by atoms with van der Waals surface area (Å²) >= 11 is 0. The zero-order chi connectivity index (χ0) is 11.8. The average Bonchev–Trinajstić information content (AvgIpc) is 2.61. The molecule has 0 saturated heterocycles. The van der Waals surface area contributed by atoms with Gasteiger partial charge in [0.05, 0.1) is 0 Å². The van der Waals surface area contributed by atoms with Crippen molar-refractivity contribution in [2.45, 2.75) is 12.3 Å². The van der Waals surface area contributed by atoms with Crippen molar-refractivity contribution in [2.75, 3.05) is 0 Å². The van der Waals surface area contributed by atoms with Crippen LogP contribution in [-0.4, -0.2) is 16.1 Å². The molecule has 0 atom stereocenters. The molecule has 0 fully saturated rings. The first kappa shape index (κ1) is 10.5.